The SMILES string of the molecule is CCOC(C)(C)CCNC(=O)COc1ccc(-c2cccc(C(=O)OCc3ccccc3)c2)cc1. The van der Waals surface area contributed by atoms with E-state index in [4.69, 9.17) is 14.2 Å². The van der Waals surface area contributed by atoms with Gasteiger partial charge < -0.3 is 19.5 Å². The van der Waals surface area contributed by atoms with E-state index in [2.05, 4.69) is 5.32 Å². The summed E-state index contributed by atoms with van der Waals surface area (Å²) in [6, 6.07) is 24.3. The summed E-state index contributed by atoms with van der Waals surface area (Å²) in [7, 11) is 0. The van der Waals surface area contributed by atoms with Gasteiger partial charge in [0.15, 0.2) is 6.61 Å². The van der Waals surface area contributed by atoms with Crippen LogP contribution in [-0.4, -0.2) is 37.2 Å². The molecule has 0 spiro atoms. The van der Waals surface area contributed by atoms with Crippen molar-refractivity contribution in [1.82, 2.24) is 5.32 Å². The predicted octanol–water partition coefficient (Wildman–Crippen LogP) is 5.41. The highest BCUT2D eigenvalue weighted by atomic mass is 16.5. The number of benzene rings is 3. The molecule has 0 aliphatic heterocycles. The Kier molecular flexibility index (Phi) is 9.44. The van der Waals surface area contributed by atoms with Crippen LogP contribution in [0.25, 0.3) is 11.1 Å². The lowest BCUT2D eigenvalue weighted by Crippen LogP contribution is -2.35. The summed E-state index contributed by atoms with van der Waals surface area (Å²) in [6.07, 6.45) is 0.722. The van der Waals surface area contributed by atoms with Crippen molar-refractivity contribution in [2.45, 2.75) is 39.4 Å². The summed E-state index contributed by atoms with van der Waals surface area (Å²) in [5, 5.41) is 2.85. The molecule has 0 aliphatic carbocycles. The van der Waals surface area contributed by atoms with Crippen LogP contribution in [0.15, 0.2) is 78.9 Å². The minimum Gasteiger partial charge on any atom is -0.484 e. The lowest BCUT2D eigenvalue weighted by atomic mass is 10.0. The van der Waals surface area contributed by atoms with Gasteiger partial charge in [0, 0.05) is 13.2 Å². The van der Waals surface area contributed by atoms with Crippen LogP contribution in [0.4, 0.5) is 0 Å². The molecule has 184 valence electrons. The van der Waals surface area contributed by atoms with Crippen LogP contribution in [0.1, 0.15) is 43.1 Å². The number of rotatable bonds is 12. The fourth-order valence-electron chi connectivity index (χ4n) is 3.54. The summed E-state index contributed by atoms with van der Waals surface area (Å²) < 4.78 is 16.7. The molecule has 0 bridgehead atoms. The van der Waals surface area contributed by atoms with E-state index in [0.29, 0.717) is 24.5 Å². The van der Waals surface area contributed by atoms with Gasteiger partial charge in [-0.2, -0.15) is 0 Å². The average molecular weight is 476 g/mol. The first-order valence-corrected chi connectivity index (χ1v) is 11.8. The third kappa shape index (κ3) is 8.58. The van der Waals surface area contributed by atoms with Crippen LogP contribution < -0.4 is 10.1 Å². The van der Waals surface area contributed by atoms with Gasteiger partial charge in [-0.15, -0.1) is 0 Å². The zero-order valence-electron chi connectivity index (χ0n) is 20.6. The number of hydrogen-bond acceptors (Lipinski definition) is 5. The second-order valence-electron chi connectivity index (χ2n) is 8.75. The number of carbonyl (C=O) groups is 2. The second-order valence-corrected chi connectivity index (χ2v) is 8.75. The molecule has 0 aliphatic rings. The van der Waals surface area contributed by atoms with Crippen LogP contribution >= 0.6 is 0 Å². The Hall–Kier alpha value is -3.64. The van der Waals surface area contributed by atoms with Crippen molar-refractivity contribution in [3.05, 3.63) is 90.0 Å². The lowest BCUT2D eigenvalue weighted by molar-refractivity contribution is -0.123. The quantitative estimate of drug-likeness (QED) is 0.355. The van der Waals surface area contributed by atoms with Crippen molar-refractivity contribution in [2.75, 3.05) is 19.8 Å². The number of nitrogens with one attached hydrogen (secondary N) is 1. The smallest absolute Gasteiger partial charge is 0.338 e. The van der Waals surface area contributed by atoms with Gasteiger partial charge in [0.25, 0.3) is 5.91 Å². The van der Waals surface area contributed by atoms with Crippen LogP contribution in [0.2, 0.25) is 0 Å². The monoisotopic (exact) mass is 475 g/mol. The van der Waals surface area contributed by atoms with Crippen molar-refractivity contribution in [2.24, 2.45) is 0 Å². The Bertz CT molecular complexity index is 1090. The first kappa shape index (κ1) is 26.0. The van der Waals surface area contributed by atoms with Gasteiger partial charge in [-0.25, -0.2) is 4.79 Å². The summed E-state index contributed by atoms with van der Waals surface area (Å²) >= 11 is 0. The van der Waals surface area contributed by atoms with Crippen LogP contribution in [0, 0.1) is 0 Å². The number of ether oxygens (including phenoxy) is 3. The second kappa shape index (κ2) is 12.7. The minimum absolute atomic E-state index is 0.0584. The molecule has 6 heteroatoms. The van der Waals surface area contributed by atoms with E-state index >= 15 is 0 Å². The molecular formula is C29H33NO5. The zero-order chi connectivity index (χ0) is 25.1. The van der Waals surface area contributed by atoms with Gasteiger partial charge in [0.1, 0.15) is 12.4 Å². The van der Waals surface area contributed by atoms with Gasteiger partial charge in [-0.05, 0) is 68.1 Å². The number of carbonyl (C=O) groups excluding carboxylic acids is 2. The number of amides is 1. The maximum atomic E-state index is 12.5. The average Bonchev–Trinajstić information content (AvgIpc) is 2.87. The summed E-state index contributed by atoms with van der Waals surface area (Å²) in [5.74, 6) is 0.0476. The highest BCUT2D eigenvalue weighted by Gasteiger charge is 2.17. The first-order chi connectivity index (χ1) is 16.9. The van der Waals surface area contributed by atoms with Crippen molar-refractivity contribution in [3.63, 3.8) is 0 Å². The highest BCUT2D eigenvalue weighted by molar-refractivity contribution is 5.91. The normalized spacial score (nSPS) is 11.1. The summed E-state index contributed by atoms with van der Waals surface area (Å²) in [4.78, 5) is 24.6. The molecule has 3 aromatic carbocycles. The topological polar surface area (TPSA) is 73.9 Å². The molecule has 35 heavy (non-hydrogen) atoms. The molecule has 1 N–H and O–H groups in total. The van der Waals surface area contributed by atoms with E-state index in [-0.39, 0.29) is 30.7 Å². The van der Waals surface area contributed by atoms with E-state index in [0.717, 1.165) is 23.1 Å². The fraction of sp³-hybridized carbons (Fsp3) is 0.310. The van der Waals surface area contributed by atoms with Crippen molar-refractivity contribution < 1.29 is 23.8 Å². The Labute approximate surface area is 207 Å². The highest BCUT2D eigenvalue weighted by Crippen LogP contribution is 2.24. The van der Waals surface area contributed by atoms with Gasteiger partial charge in [-0.1, -0.05) is 54.6 Å². The minimum atomic E-state index is -0.369. The molecule has 3 aromatic rings. The predicted molar refractivity (Wildman–Crippen MR) is 136 cm³/mol. The Morgan fingerprint density at radius 2 is 1.63 bits per heavy atom. The summed E-state index contributed by atoms with van der Waals surface area (Å²) in [5.41, 5.74) is 2.98. The van der Waals surface area contributed by atoms with Crippen LogP contribution in [-0.2, 0) is 20.9 Å². The standard InChI is InChI=1S/C29H33NO5/c1-4-35-29(2,3)17-18-30-27(31)21-33-26-15-13-23(14-16-26)24-11-8-12-25(19-24)28(32)34-20-22-9-6-5-7-10-22/h5-16,19H,4,17-18,20-21H2,1-3H3,(H,30,31). The van der Waals surface area contributed by atoms with Gasteiger partial charge in [0.2, 0.25) is 0 Å². The molecular weight excluding hydrogens is 442 g/mol. The van der Waals surface area contributed by atoms with Crippen molar-refractivity contribution >= 4 is 11.9 Å². The van der Waals surface area contributed by atoms with E-state index < -0.39 is 0 Å². The van der Waals surface area contributed by atoms with Gasteiger partial charge in [0.05, 0.1) is 11.2 Å². The number of esters is 1. The van der Waals surface area contributed by atoms with Gasteiger partial charge >= 0.3 is 5.97 Å². The molecule has 0 radical (unpaired) electrons. The zero-order valence-corrected chi connectivity index (χ0v) is 20.6. The third-order valence-electron chi connectivity index (χ3n) is 5.45. The molecule has 3 rings (SSSR count). The van der Waals surface area contributed by atoms with Crippen molar-refractivity contribution in [1.29, 1.82) is 0 Å². The maximum Gasteiger partial charge on any atom is 0.338 e. The van der Waals surface area contributed by atoms with E-state index in [1.165, 1.54) is 0 Å². The van der Waals surface area contributed by atoms with E-state index in [1.54, 1.807) is 24.3 Å². The fourth-order valence-corrected chi connectivity index (χ4v) is 3.54. The van der Waals surface area contributed by atoms with Crippen LogP contribution in [0.3, 0.4) is 0 Å². The van der Waals surface area contributed by atoms with E-state index in [1.807, 2.05) is 75.4 Å². The molecule has 0 unspecified atom stereocenters. The molecule has 6 nitrogen and oxygen atoms in total. The Balaban J connectivity index is 1.49. The molecule has 0 atom stereocenters. The molecule has 0 saturated carbocycles. The van der Waals surface area contributed by atoms with Crippen LogP contribution in [0.5, 0.6) is 5.75 Å². The number of hydrogen-bond donors (Lipinski definition) is 1. The van der Waals surface area contributed by atoms with Gasteiger partial charge in [-0.3, -0.25) is 4.79 Å². The molecule has 0 saturated heterocycles. The third-order valence-corrected chi connectivity index (χ3v) is 5.45. The van der Waals surface area contributed by atoms with E-state index in [9.17, 15) is 9.59 Å². The molecule has 0 heterocycles. The largest absolute Gasteiger partial charge is 0.484 e. The Morgan fingerprint density at radius 3 is 2.34 bits per heavy atom. The molecule has 1 amide bonds. The summed E-state index contributed by atoms with van der Waals surface area (Å²) in [6.45, 7) is 7.30. The maximum absolute atomic E-state index is 12.5. The Morgan fingerprint density at radius 1 is 0.886 bits per heavy atom. The lowest BCUT2D eigenvalue weighted by Gasteiger charge is -2.24. The first-order valence-electron chi connectivity index (χ1n) is 11.8. The van der Waals surface area contributed by atoms with Crippen molar-refractivity contribution in [3.8, 4) is 16.9 Å². The molecule has 0 aromatic heterocycles. The molecule has 0 fully saturated rings.